The Bertz CT molecular complexity index is 322. The van der Waals surface area contributed by atoms with Crippen molar-refractivity contribution in [2.45, 2.75) is 37.5 Å². The van der Waals surface area contributed by atoms with Crippen molar-refractivity contribution in [1.29, 1.82) is 0 Å². The Hall–Kier alpha value is -0.470. The van der Waals surface area contributed by atoms with Crippen LogP contribution in [-0.4, -0.2) is 6.54 Å². The molecule has 2 rings (SSSR count). The van der Waals surface area contributed by atoms with Gasteiger partial charge in [-0.1, -0.05) is 26.0 Å². The van der Waals surface area contributed by atoms with Crippen molar-refractivity contribution in [2.75, 3.05) is 6.54 Å². The van der Waals surface area contributed by atoms with Crippen LogP contribution in [0.1, 0.15) is 37.3 Å². The van der Waals surface area contributed by atoms with Gasteiger partial charge in [-0.05, 0) is 47.9 Å². The van der Waals surface area contributed by atoms with Crippen molar-refractivity contribution in [3.05, 3.63) is 29.3 Å². The van der Waals surface area contributed by atoms with Gasteiger partial charge in [0.2, 0.25) is 0 Å². The highest BCUT2D eigenvalue weighted by Gasteiger charge is 2.15. The third kappa shape index (κ3) is 1.82. The zero-order chi connectivity index (χ0) is 9.97. The molecule has 1 atom stereocenters. The van der Waals surface area contributed by atoms with Crippen LogP contribution in [0.15, 0.2) is 23.1 Å². The van der Waals surface area contributed by atoms with Gasteiger partial charge in [0.25, 0.3) is 0 Å². The van der Waals surface area contributed by atoms with Gasteiger partial charge in [-0.15, -0.1) is 0 Å². The summed E-state index contributed by atoms with van der Waals surface area (Å²) in [6.07, 6.45) is 2.41. The number of hydrogen-bond donors (Lipinski definition) is 1. The maximum absolute atomic E-state index is 3.34. The van der Waals surface area contributed by atoms with Gasteiger partial charge in [0.05, 0.1) is 0 Å². The van der Waals surface area contributed by atoms with E-state index in [-0.39, 0.29) is 0 Å². The van der Waals surface area contributed by atoms with Crippen molar-refractivity contribution >= 4 is 11.9 Å². The fourth-order valence-corrected chi connectivity index (χ4v) is 2.78. The normalized spacial score (nSPS) is 17.6. The quantitative estimate of drug-likeness (QED) is 0.746. The summed E-state index contributed by atoms with van der Waals surface area (Å²) in [6.45, 7) is 5.69. The van der Waals surface area contributed by atoms with E-state index in [0.717, 1.165) is 6.54 Å². The molecule has 1 aromatic rings. The molecule has 1 nitrogen and oxygen atoms in total. The first-order valence-corrected chi connectivity index (χ1v) is 6.16. The van der Waals surface area contributed by atoms with Crippen molar-refractivity contribution in [2.24, 2.45) is 0 Å². The molecule has 76 valence electrons. The predicted octanol–water partition coefficient (Wildman–Crippen LogP) is 3.35. The van der Waals surface area contributed by atoms with Crippen molar-refractivity contribution < 1.29 is 0 Å². The van der Waals surface area contributed by atoms with E-state index in [1.807, 2.05) is 0 Å². The summed E-state index contributed by atoms with van der Waals surface area (Å²) in [6, 6.07) is 6.69. The summed E-state index contributed by atoms with van der Waals surface area (Å²) in [7, 11) is 0. The van der Waals surface area contributed by atoms with E-state index in [1.54, 1.807) is 23.1 Å². The lowest BCUT2D eigenvalue weighted by Crippen LogP contribution is -2.17. The summed E-state index contributed by atoms with van der Waals surface area (Å²) >= 11 is 1.78. The molecule has 0 saturated heterocycles. The van der Waals surface area contributed by atoms with Gasteiger partial charge in [-0.3, -0.25) is 4.72 Å². The van der Waals surface area contributed by atoms with E-state index >= 15 is 0 Å². The Morgan fingerprint density at radius 1 is 1.50 bits per heavy atom. The van der Waals surface area contributed by atoms with Gasteiger partial charge in [-0.2, -0.15) is 0 Å². The molecule has 1 unspecified atom stereocenters. The number of nitrogens with one attached hydrogen (secondary N) is 1. The molecule has 1 aliphatic rings. The van der Waals surface area contributed by atoms with Gasteiger partial charge in [0.1, 0.15) is 0 Å². The van der Waals surface area contributed by atoms with Crippen LogP contribution in [0.5, 0.6) is 0 Å². The number of fused-ring (bicyclic) bond motifs is 1. The Kier molecular flexibility index (Phi) is 3.14. The Morgan fingerprint density at radius 3 is 3.14 bits per heavy atom. The van der Waals surface area contributed by atoms with Crippen LogP contribution in [0.3, 0.4) is 0 Å². The number of benzene rings is 1. The molecule has 1 N–H and O–H groups in total. The summed E-state index contributed by atoms with van der Waals surface area (Å²) in [4.78, 5) is 1.43. The minimum absolute atomic E-state index is 0.698. The maximum Gasteiger partial charge on any atom is 0.0263 e. The molecular formula is C12H17NS. The zero-order valence-corrected chi connectivity index (χ0v) is 9.66. The minimum atomic E-state index is 0.698. The number of hydrogen-bond acceptors (Lipinski definition) is 2. The largest absolute Gasteiger partial charge is 0.260 e. The summed E-state index contributed by atoms with van der Waals surface area (Å²) in [5.41, 5.74) is 3.13. The van der Waals surface area contributed by atoms with Gasteiger partial charge in [-0.25, -0.2) is 0 Å². The highest BCUT2D eigenvalue weighted by atomic mass is 32.2. The summed E-state index contributed by atoms with van der Waals surface area (Å²) in [5, 5.41) is 0. The lowest BCUT2D eigenvalue weighted by molar-refractivity contribution is 0.709. The highest BCUT2D eigenvalue weighted by molar-refractivity contribution is 7.97. The molecule has 1 heterocycles. The van der Waals surface area contributed by atoms with Crippen LogP contribution in [0, 0.1) is 0 Å². The second-order valence-corrected chi connectivity index (χ2v) is 4.81. The molecule has 0 radical (unpaired) electrons. The Morgan fingerprint density at radius 2 is 2.36 bits per heavy atom. The van der Waals surface area contributed by atoms with E-state index < -0.39 is 0 Å². The fourth-order valence-electron chi connectivity index (χ4n) is 1.93. The molecule has 0 bridgehead atoms. The van der Waals surface area contributed by atoms with E-state index in [4.69, 9.17) is 0 Å². The molecule has 14 heavy (non-hydrogen) atoms. The average molecular weight is 207 g/mol. The number of rotatable bonds is 2. The lowest BCUT2D eigenvalue weighted by Gasteiger charge is -2.22. The second-order valence-electron chi connectivity index (χ2n) is 3.88. The van der Waals surface area contributed by atoms with Gasteiger partial charge >= 0.3 is 0 Å². The average Bonchev–Trinajstić information content (AvgIpc) is 2.27. The van der Waals surface area contributed by atoms with Crippen LogP contribution >= 0.6 is 11.9 Å². The van der Waals surface area contributed by atoms with E-state index in [2.05, 4.69) is 36.8 Å². The zero-order valence-electron chi connectivity index (χ0n) is 8.84. The summed E-state index contributed by atoms with van der Waals surface area (Å²) in [5.74, 6) is 0.698. The lowest BCUT2D eigenvalue weighted by atomic mass is 9.92. The van der Waals surface area contributed by atoms with Crippen LogP contribution in [0.4, 0.5) is 0 Å². The predicted molar refractivity (Wildman–Crippen MR) is 62.7 cm³/mol. The molecule has 0 aromatic heterocycles. The first-order chi connectivity index (χ1) is 6.83. The molecular weight excluding hydrogens is 190 g/mol. The first kappa shape index (κ1) is 10.1. The molecule has 2 heteroatoms. The first-order valence-electron chi connectivity index (χ1n) is 5.34. The Balaban J connectivity index is 2.39. The molecule has 0 spiro atoms. The highest BCUT2D eigenvalue weighted by Crippen LogP contribution is 2.32. The van der Waals surface area contributed by atoms with Crippen LogP contribution in [-0.2, 0) is 6.42 Å². The molecule has 0 aliphatic carbocycles. The van der Waals surface area contributed by atoms with Crippen LogP contribution < -0.4 is 4.72 Å². The van der Waals surface area contributed by atoms with Gasteiger partial charge in [0.15, 0.2) is 0 Å². The molecule has 0 saturated carbocycles. The van der Waals surface area contributed by atoms with E-state index in [9.17, 15) is 0 Å². The third-order valence-corrected chi connectivity index (χ3v) is 3.92. The molecule has 1 aromatic carbocycles. The van der Waals surface area contributed by atoms with E-state index in [0.29, 0.717) is 5.92 Å². The molecule has 0 fully saturated rings. The monoisotopic (exact) mass is 207 g/mol. The topological polar surface area (TPSA) is 12.0 Å². The SMILES string of the molecule is CCC(C)c1cccc2c1CCNS2. The van der Waals surface area contributed by atoms with Crippen LogP contribution in [0.25, 0.3) is 0 Å². The van der Waals surface area contributed by atoms with Crippen LogP contribution in [0.2, 0.25) is 0 Å². The van der Waals surface area contributed by atoms with Crippen molar-refractivity contribution in [3.8, 4) is 0 Å². The molecule has 1 aliphatic heterocycles. The minimum Gasteiger partial charge on any atom is -0.260 e. The van der Waals surface area contributed by atoms with Gasteiger partial charge in [0, 0.05) is 11.4 Å². The molecule has 0 amide bonds. The fraction of sp³-hybridized carbons (Fsp3) is 0.500. The smallest absolute Gasteiger partial charge is 0.0263 e. The van der Waals surface area contributed by atoms with Crippen molar-refractivity contribution in [1.82, 2.24) is 4.72 Å². The Labute approximate surface area is 90.4 Å². The van der Waals surface area contributed by atoms with Crippen molar-refractivity contribution in [3.63, 3.8) is 0 Å². The second kappa shape index (κ2) is 4.37. The van der Waals surface area contributed by atoms with Gasteiger partial charge < -0.3 is 0 Å². The maximum atomic E-state index is 3.34. The standard InChI is InChI=1S/C12H17NS/c1-3-9(2)10-5-4-6-12-11(10)7-8-13-14-12/h4-6,9,13H,3,7-8H2,1-2H3. The third-order valence-electron chi connectivity index (χ3n) is 2.97. The van der Waals surface area contributed by atoms with E-state index in [1.165, 1.54) is 17.7 Å². The summed E-state index contributed by atoms with van der Waals surface area (Å²) < 4.78 is 3.34.